The van der Waals surface area contributed by atoms with Crippen molar-refractivity contribution in [2.75, 3.05) is 0 Å². The molecule has 0 aliphatic rings. The molecule has 0 spiro atoms. The van der Waals surface area contributed by atoms with Crippen molar-refractivity contribution in [1.29, 1.82) is 0 Å². The van der Waals surface area contributed by atoms with Gasteiger partial charge in [-0.05, 0) is 5.56 Å². The molecule has 2 heterocycles. The van der Waals surface area contributed by atoms with Crippen LogP contribution < -0.4 is 0 Å². The molecule has 0 saturated heterocycles. The molecule has 0 atom stereocenters. The second kappa shape index (κ2) is 5.54. The van der Waals surface area contributed by atoms with E-state index in [0.29, 0.717) is 17.9 Å². The molecule has 0 saturated carbocycles. The Morgan fingerprint density at radius 1 is 1.19 bits per heavy atom. The number of hydrogen-bond acceptors (Lipinski definition) is 4. The molecule has 3 aromatic rings. The molecular formula is C15H12N4O2. The van der Waals surface area contributed by atoms with E-state index >= 15 is 0 Å². The number of carboxylic acid groups (broad SMARTS) is 1. The highest BCUT2D eigenvalue weighted by molar-refractivity contribution is 5.93. The van der Waals surface area contributed by atoms with Crippen LogP contribution >= 0.6 is 0 Å². The van der Waals surface area contributed by atoms with E-state index in [9.17, 15) is 9.90 Å². The molecule has 3 rings (SSSR count). The maximum atomic E-state index is 11.4. The molecule has 0 bridgehead atoms. The fraction of sp³-hybridized carbons (Fsp3) is 0.0667. The highest BCUT2D eigenvalue weighted by Crippen LogP contribution is 2.19. The van der Waals surface area contributed by atoms with E-state index in [1.54, 1.807) is 4.68 Å². The molecular weight excluding hydrogens is 268 g/mol. The normalized spacial score (nSPS) is 10.5. The summed E-state index contributed by atoms with van der Waals surface area (Å²) in [7, 11) is 0. The highest BCUT2D eigenvalue weighted by Gasteiger charge is 2.18. The summed E-state index contributed by atoms with van der Waals surface area (Å²) >= 11 is 0. The maximum Gasteiger partial charge on any atom is 0.339 e. The van der Waals surface area contributed by atoms with E-state index in [4.69, 9.17) is 0 Å². The molecule has 0 amide bonds. The van der Waals surface area contributed by atoms with Gasteiger partial charge in [-0.1, -0.05) is 30.3 Å². The maximum absolute atomic E-state index is 11.4. The van der Waals surface area contributed by atoms with Crippen molar-refractivity contribution in [3.63, 3.8) is 0 Å². The van der Waals surface area contributed by atoms with E-state index in [0.717, 1.165) is 5.56 Å². The second-order valence-electron chi connectivity index (χ2n) is 4.47. The van der Waals surface area contributed by atoms with Gasteiger partial charge in [-0.15, -0.1) is 0 Å². The number of benzene rings is 1. The van der Waals surface area contributed by atoms with Crippen LogP contribution in [-0.2, 0) is 6.54 Å². The lowest BCUT2D eigenvalue weighted by atomic mass is 10.2. The molecule has 0 aliphatic carbocycles. The summed E-state index contributed by atoms with van der Waals surface area (Å²) in [4.78, 5) is 19.4. The number of carbonyl (C=O) groups is 1. The minimum atomic E-state index is -1.03. The van der Waals surface area contributed by atoms with Crippen molar-refractivity contribution < 1.29 is 9.90 Å². The minimum absolute atomic E-state index is 0.117. The number of aromatic nitrogens is 4. The predicted molar refractivity (Wildman–Crippen MR) is 75.8 cm³/mol. The number of nitrogens with zero attached hydrogens (tertiary/aromatic N) is 4. The minimum Gasteiger partial charge on any atom is -0.478 e. The summed E-state index contributed by atoms with van der Waals surface area (Å²) in [6.45, 7) is 0.501. The van der Waals surface area contributed by atoms with Crippen LogP contribution in [0.15, 0.2) is 55.1 Å². The Labute approximate surface area is 120 Å². The molecule has 0 aliphatic heterocycles. The third kappa shape index (κ3) is 2.79. The van der Waals surface area contributed by atoms with E-state index in [2.05, 4.69) is 15.1 Å². The molecule has 104 valence electrons. The van der Waals surface area contributed by atoms with Crippen molar-refractivity contribution in [1.82, 2.24) is 19.7 Å². The standard InChI is InChI=1S/C15H12N4O2/c20-15(21)12-10-19(9-11-4-2-1-3-5-11)18-14(12)13-8-16-6-7-17-13/h1-8,10H,9H2,(H,20,21). The van der Waals surface area contributed by atoms with Crippen LogP contribution in [0.25, 0.3) is 11.4 Å². The zero-order chi connectivity index (χ0) is 14.7. The van der Waals surface area contributed by atoms with Crippen molar-refractivity contribution in [2.45, 2.75) is 6.54 Å². The monoisotopic (exact) mass is 280 g/mol. The van der Waals surface area contributed by atoms with Gasteiger partial charge >= 0.3 is 5.97 Å². The zero-order valence-electron chi connectivity index (χ0n) is 11.0. The predicted octanol–water partition coefficient (Wildman–Crippen LogP) is 2.09. The van der Waals surface area contributed by atoms with Crippen molar-refractivity contribution in [2.24, 2.45) is 0 Å². The largest absolute Gasteiger partial charge is 0.478 e. The lowest BCUT2D eigenvalue weighted by Gasteiger charge is -2.00. The van der Waals surface area contributed by atoms with E-state index in [1.165, 1.54) is 24.8 Å². The third-order valence-corrected chi connectivity index (χ3v) is 2.99. The molecule has 6 heteroatoms. The van der Waals surface area contributed by atoms with Crippen molar-refractivity contribution in [3.05, 3.63) is 66.2 Å². The smallest absolute Gasteiger partial charge is 0.339 e. The average molecular weight is 280 g/mol. The molecule has 1 aromatic carbocycles. The van der Waals surface area contributed by atoms with Gasteiger partial charge in [-0.3, -0.25) is 14.6 Å². The summed E-state index contributed by atoms with van der Waals surface area (Å²) in [6, 6.07) is 9.72. The summed E-state index contributed by atoms with van der Waals surface area (Å²) in [6.07, 6.45) is 6.06. The zero-order valence-corrected chi connectivity index (χ0v) is 11.0. The van der Waals surface area contributed by atoms with Gasteiger partial charge in [0.2, 0.25) is 0 Å². The van der Waals surface area contributed by atoms with Crippen LogP contribution in [0.1, 0.15) is 15.9 Å². The summed E-state index contributed by atoms with van der Waals surface area (Å²) in [5, 5.41) is 13.6. The average Bonchev–Trinajstić information content (AvgIpc) is 2.93. The van der Waals surface area contributed by atoms with Crippen LogP contribution in [0.2, 0.25) is 0 Å². The van der Waals surface area contributed by atoms with Crippen LogP contribution in [-0.4, -0.2) is 30.8 Å². The first-order valence-electron chi connectivity index (χ1n) is 6.35. The van der Waals surface area contributed by atoms with Gasteiger partial charge in [-0.25, -0.2) is 4.79 Å². The molecule has 6 nitrogen and oxygen atoms in total. The number of hydrogen-bond donors (Lipinski definition) is 1. The van der Waals surface area contributed by atoms with E-state index in [1.807, 2.05) is 30.3 Å². The quantitative estimate of drug-likeness (QED) is 0.791. The molecule has 0 fully saturated rings. The topological polar surface area (TPSA) is 80.9 Å². The summed E-state index contributed by atoms with van der Waals surface area (Å²) in [5.74, 6) is -1.03. The Morgan fingerprint density at radius 3 is 2.67 bits per heavy atom. The van der Waals surface area contributed by atoms with E-state index in [-0.39, 0.29) is 5.56 Å². The lowest BCUT2D eigenvalue weighted by Crippen LogP contribution is -2.00. The van der Waals surface area contributed by atoms with Gasteiger partial charge in [0, 0.05) is 18.6 Å². The lowest BCUT2D eigenvalue weighted by molar-refractivity contribution is 0.0697. The molecule has 1 N–H and O–H groups in total. The van der Waals surface area contributed by atoms with E-state index < -0.39 is 5.97 Å². The molecule has 0 unspecified atom stereocenters. The van der Waals surface area contributed by atoms with Gasteiger partial charge in [0.15, 0.2) is 0 Å². The fourth-order valence-electron chi connectivity index (χ4n) is 2.04. The first-order chi connectivity index (χ1) is 10.2. The Bertz CT molecular complexity index is 754. The van der Waals surface area contributed by atoms with Crippen LogP contribution in [0.5, 0.6) is 0 Å². The number of carboxylic acids is 1. The van der Waals surface area contributed by atoms with Gasteiger partial charge in [-0.2, -0.15) is 5.10 Å². The molecule has 0 radical (unpaired) electrons. The summed E-state index contributed by atoms with van der Waals surface area (Å²) in [5.41, 5.74) is 1.93. The van der Waals surface area contributed by atoms with Crippen LogP contribution in [0, 0.1) is 0 Å². The van der Waals surface area contributed by atoms with Crippen LogP contribution in [0.4, 0.5) is 0 Å². The fourth-order valence-corrected chi connectivity index (χ4v) is 2.04. The van der Waals surface area contributed by atoms with Gasteiger partial charge in [0.05, 0.1) is 12.7 Å². The SMILES string of the molecule is O=C(O)c1cn(Cc2ccccc2)nc1-c1cnccn1. The second-order valence-corrected chi connectivity index (χ2v) is 4.47. The number of rotatable bonds is 4. The Hall–Kier alpha value is -3.02. The van der Waals surface area contributed by atoms with Gasteiger partial charge in [0.1, 0.15) is 17.0 Å². The Morgan fingerprint density at radius 2 is 2.00 bits per heavy atom. The first-order valence-corrected chi connectivity index (χ1v) is 6.35. The molecule has 2 aromatic heterocycles. The highest BCUT2D eigenvalue weighted by atomic mass is 16.4. The van der Waals surface area contributed by atoms with Gasteiger partial charge < -0.3 is 5.11 Å². The Balaban J connectivity index is 1.99. The third-order valence-electron chi connectivity index (χ3n) is 2.99. The van der Waals surface area contributed by atoms with Crippen molar-refractivity contribution >= 4 is 5.97 Å². The first kappa shape index (κ1) is 13.0. The van der Waals surface area contributed by atoms with Gasteiger partial charge in [0.25, 0.3) is 0 Å². The number of aromatic carboxylic acids is 1. The Kier molecular flexibility index (Phi) is 3.42. The van der Waals surface area contributed by atoms with Crippen molar-refractivity contribution in [3.8, 4) is 11.4 Å². The van der Waals surface area contributed by atoms with Crippen LogP contribution in [0.3, 0.4) is 0 Å². The summed E-state index contributed by atoms with van der Waals surface area (Å²) < 4.78 is 1.60. The molecule has 21 heavy (non-hydrogen) atoms.